The van der Waals surface area contributed by atoms with Gasteiger partial charge in [-0.15, -0.1) is 0 Å². The molecular weight excluding hydrogens is 202 g/mol. The molecule has 1 saturated heterocycles. The van der Waals surface area contributed by atoms with Crippen LogP contribution in [0.25, 0.3) is 0 Å². The quantitative estimate of drug-likeness (QED) is 0.739. The number of rotatable bonds is 5. The van der Waals surface area contributed by atoms with Crippen LogP contribution in [-0.2, 0) is 6.42 Å². The van der Waals surface area contributed by atoms with Gasteiger partial charge in [0.05, 0.1) is 6.20 Å². The summed E-state index contributed by atoms with van der Waals surface area (Å²) in [6.45, 7) is 3.20. The number of piperidine rings is 1. The monoisotopic (exact) mass is 223 g/mol. The van der Waals surface area contributed by atoms with Crippen LogP contribution in [0.1, 0.15) is 36.8 Å². The van der Waals surface area contributed by atoms with Gasteiger partial charge in [0, 0.05) is 12.3 Å². The zero-order chi connectivity index (χ0) is 11.2. The maximum atomic E-state index is 5.80. The summed E-state index contributed by atoms with van der Waals surface area (Å²) >= 11 is 0. The Balaban J connectivity index is 1.85. The first kappa shape index (κ1) is 11.6. The number of nitrogens with zero attached hydrogens (tertiary/aromatic N) is 1. The Morgan fingerprint density at radius 3 is 3.06 bits per heavy atom. The van der Waals surface area contributed by atoms with E-state index in [1.54, 1.807) is 0 Å². The van der Waals surface area contributed by atoms with Gasteiger partial charge >= 0.3 is 0 Å². The summed E-state index contributed by atoms with van der Waals surface area (Å²) in [5, 5.41) is 6.49. The highest BCUT2D eigenvalue weighted by Crippen LogP contribution is 2.24. The van der Waals surface area contributed by atoms with E-state index in [4.69, 9.17) is 4.42 Å². The smallest absolute Gasteiger partial charge is 0.197 e. The molecule has 0 saturated carbocycles. The molecule has 0 unspecified atom stereocenters. The fourth-order valence-electron chi connectivity index (χ4n) is 2.14. The molecule has 0 radical (unpaired) electrons. The normalized spacial score (nSPS) is 17.8. The van der Waals surface area contributed by atoms with Gasteiger partial charge in [0.15, 0.2) is 5.89 Å². The second kappa shape index (κ2) is 6.01. The second-order valence-electron chi connectivity index (χ2n) is 4.40. The van der Waals surface area contributed by atoms with Crippen molar-refractivity contribution in [1.29, 1.82) is 0 Å². The van der Waals surface area contributed by atoms with Gasteiger partial charge in [-0.3, -0.25) is 0 Å². The molecule has 0 aromatic carbocycles. The number of oxazole rings is 1. The van der Waals surface area contributed by atoms with E-state index in [1.165, 1.54) is 0 Å². The summed E-state index contributed by atoms with van der Waals surface area (Å²) in [6.07, 6.45) is 6.29. The van der Waals surface area contributed by atoms with E-state index in [2.05, 4.69) is 15.6 Å². The van der Waals surface area contributed by atoms with Crippen LogP contribution in [0.2, 0.25) is 0 Å². The van der Waals surface area contributed by atoms with Crippen LogP contribution in [0, 0.1) is 0 Å². The van der Waals surface area contributed by atoms with Crippen LogP contribution in [0.5, 0.6) is 0 Å². The van der Waals surface area contributed by atoms with E-state index in [-0.39, 0.29) is 0 Å². The molecule has 16 heavy (non-hydrogen) atoms. The highest BCUT2D eigenvalue weighted by molar-refractivity contribution is 5.00. The molecule has 1 aromatic heterocycles. The van der Waals surface area contributed by atoms with E-state index >= 15 is 0 Å². The largest absolute Gasteiger partial charge is 0.445 e. The summed E-state index contributed by atoms with van der Waals surface area (Å²) in [5.74, 6) is 2.50. The Morgan fingerprint density at radius 2 is 2.31 bits per heavy atom. The second-order valence-corrected chi connectivity index (χ2v) is 4.40. The molecule has 4 nitrogen and oxygen atoms in total. The first-order chi connectivity index (χ1) is 7.90. The molecule has 0 amide bonds. The Labute approximate surface area is 96.8 Å². The maximum Gasteiger partial charge on any atom is 0.197 e. The third-order valence-corrected chi connectivity index (χ3v) is 3.11. The molecule has 2 heterocycles. The highest BCUT2D eigenvalue weighted by Gasteiger charge is 2.19. The van der Waals surface area contributed by atoms with Crippen LogP contribution in [-0.4, -0.2) is 31.7 Å². The fourth-order valence-corrected chi connectivity index (χ4v) is 2.14. The standard InChI is InChI=1S/C12H21N3O/c1-13-6-2-3-11-9-15-12(16-11)10-4-7-14-8-5-10/h9-10,13-14H,2-8H2,1H3. The van der Waals surface area contributed by atoms with Crippen molar-refractivity contribution in [3.8, 4) is 0 Å². The van der Waals surface area contributed by atoms with E-state index in [1.807, 2.05) is 13.2 Å². The van der Waals surface area contributed by atoms with Gasteiger partial charge in [-0.05, 0) is 45.9 Å². The molecular formula is C12H21N3O. The molecule has 1 fully saturated rings. The van der Waals surface area contributed by atoms with Gasteiger partial charge in [0.1, 0.15) is 5.76 Å². The topological polar surface area (TPSA) is 50.1 Å². The van der Waals surface area contributed by atoms with Gasteiger partial charge in [-0.2, -0.15) is 0 Å². The molecule has 0 bridgehead atoms. The predicted molar refractivity (Wildman–Crippen MR) is 63.6 cm³/mol. The lowest BCUT2D eigenvalue weighted by Crippen LogP contribution is -2.26. The number of aromatic nitrogens is 1. The van der Waals surface area contributed by atoms with E-state index in [0.717, 1.165) is 57.0 Å². The van der Waals surface area contributed by atoms with Gasteiger partial charge in [-0.1, -0.05) is 0 Å². The number of nitrogens with one attached hydrogen (secondary N) is 2. The van der Waals surface area contributed by atoms with E-state index in [0.29, 0.717) is 5.92 Å². The molecule has 0 spiro atoms. The molecule has 2 N–H and O–H groups in total. The van der Waals surface area contributed by atoms with Crippen LogP contribution < -0.4 is 10.6 Å². The summed E-state index contributed by atoms with van der Waals surface area (Å²) in [7, 11) is 1.97. The van der Waals surface area contributed by atoms with Crippen molar-refractivity contribution in [3.05, 3.63) is 17.8 Å². The maximum absolute atomic E-state index is 5.80. The van der Waals surface area contributed by atoms with Gasteiger partial charge in [0.25, 0.3) is 0 Å². The molecule has 2 rings (SSSR count). The molecule has 1 aromatic rings. The number of hydrogen-bond donors (Lipinski definition) is 2. The van der Waals surface area contributed by atoms with Gasteiger partial charge < -0.3 is 15.1 Å². The molecule has 4 heteroatoms. The molecule has 0 atom stereocenters. The summed E-state index contributed by atoms with van der Waals surface area (Å²) in [6, 6.07) is 0. The van der Waals surface area contributed by atoms with Crippen LogP contribution >= 0.6 is 0 Å². The molecule has 90 valence electrons. The molecule has 1 aliphatic heterocycles. The van der Waals surface area contributed by atoms with Crippen LogP contribution in [0.15, 0.2) is 10.6 Å². The van der Waals surface area contributed by atoms with Crippen molar-refractivity contribution in [2.45, 2.75) is 31.6 Å². The number of hydrogen-bond acceptors (Lipinski definition) is 4. The Bertz CT molecular complexity index is 305. The lowest BCUT2D eigenvalue weighted by Gasteiger charge is -2.19. The van der Waals surface area contributed by atoms with Gasteiger partial charge in [0.2, 0.25) is 0 Å². The average molecular weight is 223 g/mol. The zero-order valence-electron chi connectivity index (χ0n) is 9.96. The lowest BCUT2D eigenvalue weighted by atomic mass is 9.98. The zero-order valence-corrected chi connectivity index (χ0v) is 9.96. The predicted octanol–water partition coefficient (Wildman–Crippen LogP) is 1.29. The highest BCUT2D eigenvalue weighted by atomic mass is 16.4. The van der Waals surface area contributed by atoms with Crippen LogP contribution in [0.3, 0.4) is 0 Å². The van der Waals surface area contributed by atoms with Crippen molar-refractivity contribution in [2.75, 3.05) is 26.7 Å². The fraction of sp³-hybridized carbons (Fsp3) is 0.750. The minimum atomic E-state index is 0.527. The Kier molecular flexibility index (Phi) is 4.36. The summed E-state index contributed by atoms with van der Waals surface area (Å²) in [4.78, 5) is 4.40. The third kappa shape index (κ3) is 3.06. The number of aryl methyl sites for hydroxylation is 1. The first-order valence-corrected chi connectivity index (χ1v) is 6.20. The first-order valence-electron chi connectivity index (χ1n) is 6.20. The Hall–Kier alpha value is -0.870. The third-order valence-electron chi connectivity index (χ3n) is 3.11. The Morgan fingerprint density at radius 1 is 1.50 bits per heavy atom. The van der Waals surface area contributed by atoms with Gasteiger partial charge in [-0.25, -0.2) is 4.98 Å². The minimum Gasteiger partial charge on any atom is -0.445 e. The molecule has 1 aliphatic rings. The summed E-state index contributed by atoms with van der Waals surface area (Å²) in [5.41, 5.74) is 0. The lowest BCUT2D eigenvalue weighted by molar-refractivity contribution is 0.360. The van der Waals surface area contributed by atoms with E-state index in [9.17, 15) is 0 Å². The average Bonchev–Trinajstić information content (AvgIpc) is 2.79. The van der Waals surface area contributed by atoms with Crippen molar-refractivity contribution in [2.24, 2.45) is 0 Å². The van der Waals surface area contributed by atoms with Crippen molar-refractivity contribution in [1.82, 2.24) is 15.6 Å². The van der Waals surface area contributed by atoms with Crippen molar-refractivity contribution >= 4 is 0 Å². The van der Waals surface area contributed by atoms with Crippen molar-refractivity contribution in [3.63, 3.8) is 0 Å². The summed E-state index contributed by atoms with van der Waals surface area (Å²) < 4.78 is 5.80. The van der Waals surface area contributed by atoms with E-state index < -0.39 is 0 Å². The SMILES string of the molecule is CNCCCc1cnc(C2CCNCC2)o1. The van der Waals surface area contributed by atoms with Crippen LogP contribution in [0.4, 0.5) is 0 Å². The minimum absolute atomic E-state index is 0.527. The van der Waals surface area contributed by atoms with Crippen molar-refractivity contribution < 1.29 is 4.42 Å². The molecule has 0 aliphatic carbocycles.